The molecule has 2 aliphatic rings. The number of unbranched alkanes of at least 4 members (excludes halogenated alkanes) is 1. The highest BCUT2D eigenvalue weighted by atomic mass is 16.3. The number of aliphatic hydroxyl groups excluding tert-OH is 1. The molecular weight excluding hydrogens is 382 g/mol. The molecule has 0 radical (unpaired) electrons. The van der Waals surface area contributed by atoms with Crippen LogP contribution in [0.15, 0.2) is 12.2 Å². The first kappa shape index (κ1) is 24.4. The minimum Gasteiger partial charge on any atom is -0.396 e. The van der Waals surface area contributed by atoms with Crippen LogP contribution in [0.1, 0.15) is 59.3 Å². The van der Waals surface area contributed by atoms with Crippen molar-refractivity contribution in [3.8, 4) is 0 Å². The lowest BCUT2D eigenvalue weighted by Gasteiger charge is -2.34. The molecule has 30 heavy (non-hydrogen) atoms. The fraction of sp³-hybridized carbons (Fsp3) is 0.783. The zero-order chi connectivity index (χ0) is 22.3. The molecule has 3 amide bonds. The highest BCUT2D eigenvalue weighted by Gasteiger charge is 2.56. The van der Waals surface area contributed by atoms with Crippen LogP contribution in [0.4, 0.5) is 0 Å². The summed E-state index contributed by atoms with van der Waals surface area (Å²) in [6.07, 6.45) is 8.85. The summed E-state index contributed by atoms with van der Waals surface area (Å²) in [4.78, 5) is 41.2. The van der Waals surface area contributed by atoms with Gasteiger partial charge < -0.3 is 20.6 Å². The molecule has 1 aliphatic heterocycles. The quantitative estimate of drug-likeness (QED) is 0.350. The van der Waals surface area contributed by atoms with Crippen molar-refractivity contribution in [2.24, 2.45) is 23.7 Å². The van der Waals surface area contributed by atoms with E-state index in [4.69, 9.17) is 5.11 Å². The SMILES string of the molecule is CCCC(C)NC(=O)[C@@H]1[C@H]2C=C[C@@H](CCC)[C@@H](C(=O)NC)[C@@H]2C(=O)N1CCCCO. The van der Waals surface area contributed by atoms with Gasteiger partial charge in [-0.05, 0) is 38.5 Å². The number of hydrogen-bond donors (Lipinski definition) is 3. The van der Waals surface area contributed by atoms with E-state index >= 15 is 0 Å². The summed E-state index contributed by atoms with van der Waals surface area (Å²) in [6.45, 7) is 6.60. The minimum absolute atomic E-state index is 0.000248. The van der Waals surface area contributed by atoms with Crippen molar-refractivity contribution in [2.45, 2.75) is 71.4 Å². The van der Waals surface area contributed by atoms with Crippen molar-refractivity contribution in [1.29, 1.82) is 0 Å². The molecule has 2 rings (SSSR count). The second kappa shape index (κ2) is 11.5. The summed E-state index contributed by atoms with van der Waals surface area (Å²) >= 11 is 0. The van der Waals surface area contributed by atoms with E-state index in [1.165, 1.54) is 0 Å². The fourth-order valence-corrected chi connectivity index (χ4v) is 5.10. The van der Waals surface area contributed by atoms with Crippen LogP contribution in [0, 0.1) is 23.7 Å². The number of likely N-dealkylation sites (tertiary alicyclic amines) is 1. The fourth-order valence-electron chi connectivity index (χ4n) is 5.10. The van der Waals surface area contributed by atoms with E-state index < -0.39 is 17.9 Å². The van der Waals surface area contributed by atoms with E-state index in [0.29, 0.717) is 19.4 Å². The first-order valence-electron chi connectivity index (χ1n) is 11.5. The van der Waals surface area contributed by atoms with Crippen molar-refractivity contribution < 1.29 is 19.5 Å². The molecule has 1 aliphatic carbocycles. The van der Waals surface area contributed by atoms with Crippen molar-refractivity contribution in [3.63, 3.8) is 0 Å². The average Bonchev–Trinajstić information content (AvgIpc) is 3.00. The Morgan fingerprint density at radius 1 is 1.17 bits per heavy atom. The number of nitrogens with one attached hydrogen (secondary N) is 2. The van der Waals surface area contributed by atoms with Crippen LogP contribution in [0.25, 0.3) is 0 Å². The van der Waals surface area contributed by atoms with Gasteiger partial charge in [-0.2, -0.15) is 0 Å². The third-order valence-corrected chi connectivity index (χ3v) is 6.47. The Kier molecular flexibility index (Phi) is 9.34. The van der Waals surface area contributed by atoms with Gasteiger partial charge in [0.05, 0.1) is 11.8 Å². The molecule has 3 N–H and O–H groups in total. The molecule has 0 aromatic rings. The molecule has 7 heteroatoms. The number of aliphatic hydroxyl groups is 1. The van der Waals surface area contributed by atoms with Crippen LogP contribution >= 0.6 is 0 Å². The standard InChI is InChI=1S/C23H39N3O4/c1-5-9-15(3)25-22(29)20-17-12-11-16(10-6-2)18(21(28)24-4)19(17)23(30)26(20)13-7-8-14-27/h11-12,15-20,27H,5-10,13-14H2,1-4H3,(H,24,28)(H,25,29)/t15?,16-,17+,18-,19-,20+/m1/s1. The summed E-state index contributed by atoms with van der Waals surface area (Å²) in [7, 11) is 1.60. The molecule has 6 atom stereocenters. The van der Waals surface area contributed by atoms with E-state index in [2.05, 4.69) is 24.5 Å². The Hall–Kier alpha value is -1.89. The van der Waals surface area contributed by atoms with Gasteiger partial charge in [0.2, 0.25) is 17.7 Å². The topological polar surface area (TPSA) is 98.7 Å². The molecule has 0 bridgehead atoms. The summed E-state index contributed by atoms with van der Waals surface area (Å²) in [5.41, 5.74) is 0. The number of hydrogen-bond acceptors (Lipinski definition) is 4. The van der Waals surface area contributed by atoms with Crippen molar-refractivity contribution >= 4 is 17.7 Å². The monoisotopic (exact) mass is 421 g/mol. The summed E-state index contributed by atoms with van der Waals surface area (Å²) in [5.74, 6) is -1.66. The van der Waals surface area contributed by atoms with E-state index in [1.54, 1.807) is 11.9 Å². The molecule has 170 valence electrons. The van der Waals surface area contributed by atoms with Crippen LogP contribution in [0.5, 0.6) is 0 Å². The maximum absolute atomic E-state index is 13.5. The van der Waals surface area contributed by atoms with Crippen molar-refractivity contribution in [2.75, 3.05) is 20.2 Å². The molecule has 0 aromatic heterocycles. The van der Waals surface area contributed by atoms with Gasteiger partial charge in [-0.15, -0.1) is 0 Å². The first-order chi connectivity index (χ1) is 14.4. The van der Waals surface area contributed by atoms with Gasteiger partial charge in [0.25, 0.3) is 0 Å². The second-order valence-corrected chi connectivity index (χ2v) is 8.69. The largest absolute Gasteiger partial charge is 0.396 e. The number of amides is 3. The normalized spacial score (nSPS) is 28.9. The Morgan fingerprint density at radius 3 is 2.50 bits per heavy atom. The zero-order valence-corrected chi connectivity index (χ0v) is 18.9. The second-order valence-electron chi connectivity index (χ2n) is 8.69. The number of fused-ring (bicyclic) bond motifs is 1. The van der Waals surface area contributed by atoms with Crippen LogP contribution in [0.3, 0.4) is 0 Å². The average molecular weight is 422 g/mol. The number of nitrogens with zero attached hydrogens (tertiary/aromatic N) is 1. The number of carbonyl (C=O) groups excluding carboxylic acids is 3. The number of carbonyl (C=O) groups is 3. The van der Waals surface area contributed by atoms with Gasteiger partial charge in [-0.3, -0.25) is 14.4 Å². The highest BCUT2D eigenvalue weighted by molar-refractivity contribution is 5.96. The molecule has 1 saturated heterocycles. The number of rotatable bonds is 11. The zero-order valence-electron chi connectivity index (χ0n) is 18.9. The minimum atomic E-state index is -0.605. The van der Waals surface area contributed by atoms with E-state index in [0.717, 1.165) is 25.7 Å². The van der Waals surface area contributed by atoms with Gasteiger partial charge in [0, 0.05) is 32.2 Å². The summed E-state index contributed by atoms with van der Waals surface area (Å²) in [6, 6.07) is -0.572. The van der Waals surface area contributed by atoms with Gasteiger partial charge in [0.15, 0.2) is 0 Å². The Morgan fingerprint density at radius 2 is 1.90 bits per heavy atom. The Balaban J connectivity index is 2.37. The molecule has 7 nitrogen and oxygen atoms in total. The molecule has 0 aromatic carbocycles. The van der Waals surface area contributed by atoms with Gasteiger partial charge in [0.1, 0.15) is 6.04 Å². The summed E-state index contributed by atoms with van der Waals surface area (Å²) < 4.78 is 0. The summed E-state index contributed by atoms with van der Waals surface area (Å²) in [5, 5.41) is 15.0. The molecule has 1 heterocycles. The van der Waals surface area contributed by atoms with Crippen LogP contribution in [-0.4, -0.2) is 60.0 Å². The third-order valence-electron chi connectivity index (χ3n) is 6.47. The van der Waals surface area contributed by atoms with E-state index in [-0.39, 0.29) is 42.2 Å². The molecule has 1 fully saturated rings. The highest BCUT2D eigenvalue weighted by Crippen LogP contribution is 2.45. The van der Waals surface area contributed by atoms with Crippen LogP contribution < -0.4 is 10.6 Å². The lowest BCUT2D eigenvalue weighted by Crippen LogP contribution is -2.50. The van der Waals surface area contributed by atoms with E-state index in [1.807, 2.05) is 19.1 Å². The molecule has 0 spiro atoms. The lowest BCUT2D eigenvalue weighted by atomic mass is 9.68. The third kappa shape index (κ3) is 5.23. The maximum Gasteiger partial charge on any atom is 0.243 e. The predicted octanol–water partition coefficient (Wildman–Crippen LogP) is 1.86. The van der Waals surface area contributed by atoms with Crippen LogP contribution in [-0.2, 0) is 14.4 Å². The van der Waals surface area contributed by atoms with Gasteiger partial charge in [-0.1, -0.05) is 38.8 Å². The smallest absolute Gasteiger partial charge is 0.243 e. The molecule has 0 saturated carbocycles. The molecular formula is C23H39N3O4. The predicted molar refractivity (Wildman–Crippen MR) is 116 cm³/mol. The Bertz CT molecular complexity index is 636. The number of allylic oxidation sites excluding steroid dienone is 1. The first-order valence-corrected chi connectivity index (χ1v) is 11.5. The Labute approximate surface area is 180 Å². The van der Waals surface area contributed by atoms with E-state index in [9.17, 15) is 14.4 Å². The van der Waals surface area contributed by atoms with Crippen molar-refractivity contribution in [3.05, 3.63) is 12.2 Å². The lowest BCUT2D eigenvalue weighted by molar-refractivity contribution is -0.141. The van der Waals surface area contributed by atoms with Gasteiger partial charge >= 0.3 is 0 Å². The van der Waals surface area contributed by atoms with Crippen LogP contribution in [0.2, 0.25) is 0 Å². The maximum atomic E-state index is 13.5. The van der Waals surface area contributed by atoms with Gasteiger partial charge in [-0.25, -0.2) is 0 Å². The molecule has 1 unspecified atom stereocenters. The van der Waals surface area contributed by atoms with Crippen molar-refractivity contribution in [1.82, 2.24) is 15.5 Å².